The van der Waals surface area contributed by atoms with E-state index >= 15 is 0 Å². The van der Waals surface area contributed by atoms with Crippen LogP contribution in [0.15, 0.2) is 5.38 Å². The molecule has 1 unspecified atom stereocenters. The van der Waals surface area contributed by atoms with Crippen LogP contribution in [0.3, 0.4) is 0 Å². The Bertz CT molecular complexity index is 429. The third-order valence-electron chi connectivity index (χ3n) is 2.55. The van der Waals surface area contributed by atoms with Gasteiger partial charge in [0.25, 0.3) is 0 Å². The van der Waals surface area contributed by atoms with Gasteiger partial charge in [-0.1, -0.05) is 0 Å². The minimum atomic E-state index is -0.412. The van der Waals surface area contributed by atoms with Gasteiger partial charge in [0.15, 0.2) is 0 Å². The summed E-state index contributed by atoms with van der Waals surface area (Å²) in [6.07, 6.45) is 0. The van der Waals surface area contributed by atoms with E-state index in [4.69, 9.17) is 0 Å². The minimum absolute atomic E-state index is 0.0556. The molecular formula is C10H13N3O2S. The molecule has 1 fully saturated rings. The molecule has 5 nitrogen and oxygen atoms in total. The van der Waals surface area contributed by atoms with E-state index in [-0.39, 0.29) is 18.4 Å². The van der Waals surface area contributed by atoms with Crippen molar-refractivity contribution in [3.8, 4) is 0 Å². The molecule has 0 bridgehead atoms. The zero-order valence-electron chi connectivity index (χ0n) is 9.19. The van der Waals surface area contributed by atoms with Gasteiger partial charge in [-0.3, -0.25) is 9.59 Å². The van der Waals surface area contributed by atoms with E-state index in [0.717, 1.165) is 10.7 Å². The molecular weight excluding hydrogens is 226 g/mol. The molecule has 1 N–H and O–H groups in total. The molecule has 1 aliphatic rings. The molecule has 0 saturated carbocycles. The fourth-order valence-electron chi connectivity index (χ4n) is 1.62. The number of nitrogens with one attached hydrogen (secondary N) is 1. The fourth-order valence-corrected chi connectivity index (χ4v) is 2.39. The summed E-state index contributed by atoms with van der Waals surface area (Å²) in [7, 11) is 0. The Morgan fingerprint density at radius 2 is 2.38 bits per heavy atom. The van der Waals surface area contributed by atoms with Crippen LogP contribution in [0.2, 0.25) is 0 Å². The molecule has 1 saturated heterocycles. The van der Waals surface area contributed by atoms with Gasteiger partial charge in [-0.05, 0) is 13.8 Å². The third kappa shape index (κ3) is 2.06. The fraction of sp³-hybridized carbons (Fsp3) is 0.500. The first-order chi connectivity index (χ1) is 7.58. The maximum atomic E-state index is 11.6. The smallest absolute Gasteiger partial charge is 0.243 e. The quantitative estimate of drug-likeness (QED) is 0.807. The summed E-state index contributed by atoms with van der Waals surface area (Å²) in [6, 6.07) is -0.412. The van der Waals surface area contributed by atoms with E-state index in [1.165, 1.54) is 11.3 Å². The summed E-state index contributed by atoms with van der Waals surface area (Å²) in [6.45, 7) is 4.15. The van der Waals surface area contributed by atoms with Crippen LogP contribution < -0.4 is 5.32 Å². The van der Waals surface area contributed by atoms with E-state index in [1.807, 2.05) is 12.3 Å². The van der Waals surface area contributed by atoms with Crippen molar-refractivity contribution in [3.63, 3.8) is 0 Å². The Kier molecular flexibility index (Phi) is 2.91. The number of aromatic nitrogens is 1. The van der Waals surface area contributed by atoms with Crippen molar-refractivity contribution in [1.82, 2.24) is 15.2 Å². The minimum Gasteiger partial charge on any atom is -0.345 e. The predicted molar refractivity (Wildman–Crippen MR) is 59.9 cm³/mol. The average molecular weight is 239 g/mol. The van der Waals surface area contributed by atoms with Crippen molar-refractivity contribution < 1.29 is 9.59 Å². The number of piperazine rings is 1. The highest BCUT2D eigenvalue weighted by molar-refractivity contribution is 7.09. The van der Waals surface area contributed by atoms with E-state index in [9.17, 15) is 9.59 Å². The Hall–Kier alpha value is -1.43. The standard InChI is InChI=1S/C10H13N3O2S/c1-6-5-16-8(12-6)4-13-7(2)10(15)11-3-9(13)14/h5,7H,3-4H2,1-2H3,(H,11,15). The Labute approximate surface area is 97.5 Å². The number of rotatable bonds is 2. The van der Waals surface area contributed by atoms with E-state index in [1.54, 1.807) is 11.8 Å². The molecule has 16 heavy (non-hydrogen) atoms. The topological polar surface area (TPSA) is 62.3 Å². The number of thiazole rings is 1. The van der Waals surface area contributed by atoms with Crippen LogP contribution in [0.25, 0.3) is 0 Å². The van der Waals surface area contributed by atoms with E-state index in [0.29, 0.717) is 6.54 Å². The third-order valence-corrected chi connectivity index (χ3v) is 3.50. The zero-order chi connectivity index (χ0) is 11.7. The molecule has 0 spiro atoms. The second-order valence-corrected chi connectivity index (χ2v) is 4.74. The molecule has 1 aliphatic heterocycles. The molecule has 2 amide bonds. The highest BCUT2D eigenvalue weighted by atomic mass is 32.1. The van der Waals surface area contributed by atoms with Crippen LogP contribution in [0.1, 0.15) is 17.6 Å². The Morgan fingerprint density at radius 1 is 1.62 bits per heavy atom. The van der Waals surface area contributed by atoms with Crippen LogP contribution in [0.5, 0.6) is 0 Å². The summed E-state index contributed by atoms with van der Waals surface area (Å²) < 4.78 is 0. The molecule has 0 aromatic carbocycles. The van der Waals surface area contributed by atoms with E-state index < -0.39 is 6.04 Å². The van der Waals surface area contributed by atoms with Crippen LogP contribution in [-0.4, -0.2) is 34.3 Å². The molecule has 86 valence electrons. The van der Waals surface area contributed by atoms with Gasteiger partial charge in [0, 0.05) is 11.1 Å². The van der Waals surface area contributed by atoms with Crippen molar-refractivity contribution in [3.05, 3.63) is 16.1 Å². The number of carbonyl (C=O) groups is 2. The monoisotopic (exact) mass is 239 g/mol. The molecule has 2 rings (SSSR count). The molecule has 6 heteroatoms. The van der Waals surface area contributed by atoms with Crippen LogP contribution >= 0.6 is 11.3 Å². The van der Waals surface area contributed by atoms with Crippen LogP contribution in [0.4, 0.5) is 0 Å². The van der Waals surface area contributed by atoms with Crippen LogP contribution in [-0.2, 0) is 16.1 Å². The van der Waals surface area contributed by atoms with Crippen molar-refractivity contribution in [2.75, 3.05) is 6.54 Å². The second kappa shape index (κ2) is 4.21. The lowest BCUT2D eigenvalue weighted by atomic mass is 10.2. The molecule has 0 radical (unpaired) electrons. The van der Waals surface area contributed by atoms with Gasteiger partial charge in [0.05, 0.1) is 13.1 Å². The van der Waals surface area contributed by atoms with Gasteiger partial charge in [-0.15, -0.1) is 11.3 Å². The van der Waals surface area contributed by atoms with Gasteiger partial charge in [0.2, 0.25) is 11.8 Å². The lowest BCUT2D eigenvalue weighted by Gasteiger charge is -2.31. The zero-order valence-corrected chi connectivity index (χ0v) is 10.0. The van der Waals surface area contributed by atoms with Crippen molar-refractivity contribution >= 4 is 23.2 Å². The van der Waals surface area contributed by atoms with Gasteiger partial charge in [-0.2, -0.15) is 0 Å². The predicted octanol–water partition coefficient (Wildman–Crippen LogP) is 0.298. The molecule has 2 heterocycles. The molecule has 1 aromatic heterocycles. The first kappa shape index (κ1) is 11.1. The number of carbonyl (C=O) groups excluding carboxylic acids is 2. The normalized spacial score (nSPS) is 21.1. The highest BCUT2D eigenvalue weighted by Gasteiger charge is 2.31. The second-order valence-electron chi connectivity index (χ2n) is 3.80. The first-order valence-corrected chi connectivity index (χ1v) is 5.94. The first-order valence-electron chi connectivity index (χ1n) is 5.06. The highest BCUT2D eigenvalue weighted by Crippen LogP contribution is 2.15. The van der Waals surface area contributed by atoms with Gasteiger partial charge in [-0.25, -0.2) is 4.98 Å². The van der Waals surface area contributed by atoms with Crippen molar-refractivity contribution in [1.29, 1.82) is 0 Å². The molecule has 1 atom stereocenters. The number of hydrogen-bond donors (Lipinski definition) is 1. The van der Waals surface area contributed by atoms with Crippen molar-refractivity contribution in [2.45, 2.75) is 26.4 Å². The summed E-state index contributed by atoms with van der Waals surface area (Å²) in [4.78, 5) is 28.9. The Morgan fingerprint density at radius 3 is 3.00 bits per heavy atom. The maximum absolute atomic E-state index is 11.6. The average Bonchev–Trinajstić information content (AvgIpc) is 2.65. The summed E-state index contributed by atoms with van der Waals surface area (Å²) in [5.41, 5.74) is 0.946. The summed E-state index contributed by atoms with van der Waals surface area (Å²) >= 11 is 1.51. The van der Waals surface area contributed by atoms with Crippen molar-refractivity contribution in [2.24, 2.45) is 0 Å². The van der Waals surface area contributed by atoms with Gasteiger partial charge < -0.3 is 10.2 Å². The number of hydrogen-bond acceptors (Lipinski definition) is 4. The summed E-state index contributed by atoms with van der Waals surface area (Å²) in [5.74, 6) is -0.159. The number of amides is 2. The largest absolute Gasteiger partial charge is 0.345 e. The SMILES string of the molecule is Cc1csc(CN2C(=O)CNC(=O)C2C)n1. The number of aryl methyl sites for hydroxylation is 1. The lowest BCUT2D eigenvalue weighted by molar-refractivity contribution is -0.145. The summed E-state index contributed by atoms with van der Waals surface area (Å²) in [5, 5.41) is 5.36. The van der Waals surface area contributed by atoms with Crippen LogP contribution in [0, 0.1) is 6.92 Å². The number of nitrogens with zero attached hydrogens (tertiary/aromatic N) is 2. The maximum Gasteiger partial charge on any atom is 0.243 e. The molecule has 0 aliphatic carbocycles. The van der Waals surface area contributed by atoms with E-state index in [2.05, 4.69) is 10.3 Å². The lowest BCUT2D eigenvalue weighted by Crippen LogP contribution is -2.56. The van der Waals surface area contributed by atoms with Gasteiger partial charge >= 0.3 is 0 Å². The van der Waals surface area contributed by atoms with Gasteiger partial charge in [0.1, 0.15) is 11.0 Å². The Balaban J connectivity index is 2.12. The molecule has 1 aromatic rings.